The topological polar surface area (TPSA) is 46.2 Å². The highest BCUT2D eigenvalue weighted by molar-refractivity contribution is 7.27. The molecule has 8 aromatic carbocycles. The third kappa shape index (κ3) is 10.1. The van der Waals surface area contributed by atoms with Gasteiger partial charge in [0.15, 0.2) is 0 Å². The number of hydrogen-bond donors (Lipinski definition) is 0. The Hall–Kier alpha value is -5.87. The molecule has 0 unspecified atom stereocenters. The second-order valence-electron chi connectivity index (χ2n) is 21.1. The van der Waals surface area contributed by atoms with E-state index in [2.05, 4.69) is 216 Å². The average Bonchev–Trinajstić information content (AvgIpc) is 4.06. The smallest absolute Gasteiger partial charge is 0.399 e. The minimum Gasteiger partial charge on any atom is -0.399 e. The van der Waals surface area contributed by atoms with Gasteiger partial charge in [-0.3, -0.25) is 0 Å². The molecule has 2 aliphatic rings. The normalized spacial score (nSPS) is 16.5. The summed E-state index contributed by atoms with van der Waals surface area (Å²) in [5, 5.41) is 5.22. The lowest BCUT2D eigenvalue weighted by Gasteiger charge is -2.32. The van der Waals surface area contributed by atoms with E-state index in [0.29, 0.717) is 0 Å². The van der Waals surface area contributed by atoms with E-state index in [1.807, 2.05) is 64.2 Å². The molecule has 0 amide bonds. The van der Waals surface area contributed by atoms with Gasteiger partial charge in [-0.2, -0.15) is 0 Å². The third-order valence-corrected chi connectivity index (χ3v) is 17.0. The lowest BCUT2D eigenvalue weighted by atomic mass is 9.77. The summed E-state index contributed by atoms with van der Waals surface area (Å²) in [6, 6.07) is 67.4. The Morgan fingerprint density at radius 2 is 0.694 bits per heavy atom. The lowest BCUT2D eigenvalue weighted by molar-refractivity contribution is 0.00578. The van der Waals surface area contributed by atoms with E-state index in [-0.39, 0.29) is 28.5 Å². The third-order valence-electron chi connectivity index (χ3n) is 14.6. The van der Waals surface area contributed by atoms with E-state index in [9.17, 15) is 0 Å². The van der Waals surface area contributed by atoms with Crippen molar-refractivity contribution in [2.45, 2.75) is 97.7 Å². The molecule has 0 saturated carbocycles. The van der Waals surface area contributed by atoms with Crippen molar-refractivity contribution < 1.29 is 23.3 Å². The molecule has 12 rings (SSSR count). The molecule has 2 saturated heterocycles. The van der Waals surface area contributed by atoms with E-state index >= 15 is 0 Å². The Morgan fingerprint density at radius 1 is 0.361 bits per heavy atom. The summed E-state index contributed by atoms with van der Waals surface area (Å²) < 4.78 is 34.9. The maximum absolute atomic E-state index is 6.52. The fourth-order valence-corrected chi connectivity index (χ4v) is 11.4. The van der Waals surface area contributed by atoms with Crippen molar-refractivity contribution in [3.8, 4) is 44.5 Å². The zero-order valence-corrected chi connectivity index (χ0v) is 44.6. The van der Waals surface area contributed by atoms with Crippen LogP contribution in [0.25, 0.3) is 84.9 Å². The maximum atomic E-state index is 6.52. The minimum absolute atomic E-state index is 0.120. The number of benzene rings is 8. The van der Waals surface area contributed by atoms with Crippen LogP contribution in [0.3, 0.4) is 0 Å². The van der Waals surface area contributed by atoms with Crippen LogP contribution in [0.1, 0.15) is 69.2 Å². The molecule has 2 aromatic heterocycles. The van der Waals surface area contributed by atoms with Crippen molar-refractivity contribution in [1.82, 2.24) is 0 Å². The van der Waals surface area contributed by atoms with Gasteiger partial charge in [0.2, 0.25) is 0 Å². The molecule has 362 valence electrons. The van der Waals surface area contributed by atoms with Crippen LogP contribution in [0.4, 0.5) is 0 Å². The average molecular weight is 985 g/mol. The number of thiophene rings is 2. The Morgan fingerprint density at radius 3 is 1.08 bits per heavy atom. The van der Waals surface area contributed by atoms with Gasteiger partial charge in [-0.15, -0.1) is 22.7 Å². The largest absolute Gasteiger partial charge is 0.640 e. The molecule has 10 aromatic rings. The van der Waals surface area contributed by atoms with Gasteiger partial charge in [0.25, 0.3) is 0 Å². The first-order valence-corrected chi connectivity index (χ1v) is 26.6. The van der Waals surface area contributed by atoms with Crippen molar-refractivity contribution in [3.05, 3.63) is 188 Å². The van der Waals surface area contributed by atoms with Crippen LogP contribution in [0.2, 0.25) is 0 Å². The van der Waals surface area contributed by atoms with Crippen molar-refractivity contribution >= 4 is 82.9 Å². The Labute approximate surface area is 434 Å². The zero-order valence-electron chi connectivity index (χ0n) is 43.0. The van der Waals surface area contributed by atoms with Gasteiger partial charge in [0, 0.05) is 51.9 Å². The van der Waals surface area contributed by atoms with Gasteiger partial charge >= 0.3 is 14.4 Å². The van der Waals surface area contributed by atoms with Gasteiger partial charge in [-0.25, -0.2) is 0 Å². The monoisotopic (exact) mass is 984 g/mol. The number of rotatable bonds is 7. The van der Waals surface area contributed by atoms with Crippen LogP contribution >= 0.6 is 22.7 Å². The van der Waals surface area contributed by atoms with Gasteiger partial charge < -0.3 is 23.3 Å². The van der Waals surface area contributed by atoms with E-state index in [0.717, 1.165) is 5.46 Å². The summed E-state index contributed by atoms with van der Waals surface area (Å²) in [5.74, 6) is 0. The standard InChI is InChI=1S/C30H27BO2S.C24H16S.C9H19BO3/c1-29(2)30(3,4)33-31(32-29)26-19-23(21-13-9-6-10-14-21)18-25-24-17-22(20-11-7-5-8-12-20)15-16-27(24)34-28(25)26;1-3-7-17(8-4-1)19-11-13-23-21(15-19)22-16-20(12-14-24(22)25-23)18-9-5-2-6-10-18;1-7(2)11-10-12-8(3,4)9(5,6)13-10/h5-19H,1-4H3;1-16H;7H,1-6H3. The first-order chi connectivity index (χ1) is 34.4. The Bertz CT molecular complexity index is 3370. The van der Waals surface area contributed by atoms with Gasteiger partial charge in [-0.05, 0) is 156 Å². The molecule has 5 nitrogen and oxygen atoms in total. The fraction of sp³-hybridized carbons (Fsp3) is 0.238. The predicted octanol–water partition coefficient (Wildman–Crippen LogP) is 17.1. The molecule has 0 spiro atoms. The number of hydrogen-bond acceptors (Lipinski definition) is 7. The molecule has 0 radical (unpaired) electrons. The maximum Gasteiger partial charge on any atom is 0.640 e. The molecule has 0 N–H and O–H groups in total. The van der Waals surface area contributed by atoms with Crippen molar-refractivity contribution in [2.24, 2.45) is 0 Å². The van der Waals surface area contributed by atoms with E-state index < -0.39 is 14.4 Å². The molecule has 2 aliphatic heterocycles. The van der Waals surface area contributed by atoms with Crippen molar-refractivity contribution in [3.63, 3.8) is 0 Å². The van der Waals surface area contributed by atoms with Crippen molar-refractivity contribution in [1.29, 1.82) is 0 Å². The van der Waals surface area contributed by atoms with Crippen LogP contribution in [-0.4, -0.2) is 42.9 Å². The van der Waals surface area contributed by atoms with Crippen LogP contribution in [0.15, 0.2) is 188 Å². The van der Waals surface area contributed by atoms with Gasteiger partial charge in [0.1, 0.15) is 0 Å². The summed E-state index contributed by atoms with van der Waals surface area (Å²) in [5.41, 5.74) is 9.67. The molecular weight excluding hydrogens is 922 g/mol. The molecule has 72 heavy (non-hydrogen) atoms. The van der Waals surface area contributed by atoms with Crippen LogP contribution < -0.4 is 5.46 Å². The highest BCUT2D eigenvalue weighted by atomic mass is 32.1. The van der Waals surface area contributed by atoms with E-state index in [4.69, 9.17) is 23.3 Å². The first kappa shape index (κ1) is 49.7. The minimum atomic E-state index is -0.523. The summed E-state index contributed by atoms with van der Waals surface area (Å²) >= 11 is 3.69. The molecule has 0 aliphatic carbocycles. The second-order valence-corrected chi connectivity index (χ2v) is 23.2. The Balaban J connectivity index is 0.000000137. The first-order valence-electron chi connectivity index (χ1n) is 25.0. The molecule has 0 atom stereocenters. The lowest BCUT2D eigenvalue weighted by Crippen LogP contribution is -2.41. The fourth-order valence-electron chi connectivity index (χ4n) is 9.12. The second kappa shape index (κ2) is 19.9. The summed E-state index contributed by atoms with van der Waals surface area (Å²) in [6.07, 6.45) is 0.120. The molecule has 2 fully saturated rings. The van der Waals surface area contributed by atoms with Gasteiger partial charge in [-0.1, -0.05) is 146 Å². The predicted molar refractivity (Wildman–Crippen MR) is 308 cm³/mol. The zero-order chi connectivity index (χ0) is 50.4. The quantitative estimate of drug-likeness (QED) is 0.149. The molecule has 0 bridgehead atoms. The van der Waals surface area contributed by atoms with Crippen LogP contribution in [0, 0.1) is 0 Å². The summed E-state index contributed by atoms with van der Waals surface area (Å²) in [4.78, 5) is 0. The summed E-state index contributed by atoms with van der Waals surface area (Å²) in [7, 11) is -0.928. The number of fused-ring (bicyclic) bond motifs is 6. The summed E-state index contributed by atoms with van der Waals surface area (Å²) in [6.45, 7) is 20.4. The van der Waals surface area contributed by atoms with Crippen LogP contribution in [-0.2, 0) is 23.3 Å². The van der Waals surface area contributed by atoms with E-state index in [1.54, 1.807) is 0 Å². The highest BCUT2D eigenvalue weighted by Crippen LogP contribution is 2.43. The molecular formula is C63H62B2O5S2. The SMILES string of the molecule is CC(C)OB1OC(C)(C)C(C)(C)O1.CC1(C)OB(c2cc(-c3ccccc3)cc3c2sc2ccc(-c4ccccc4)cc23)OC1(C)C.c1ccc(-c2ccc3sc4ccc(-c5ccccc5)cc4c3c2)cc1. The Kier molecular flexibility index (Phi) is 13.7. The van der Waals surface area contributed by atoms with Crippen molar-refractivity contribution in [2.75, 3.05) is 0 Å². The highest BCUT2D eigenvalue weighted by Gasteiger charge is 2.54. The van der Waals surface area contributed by atoms with Crippen LogP contribution in [0.5, 0.6) is 0 Å². The molecule has 9 heteroatoms. The molecule has 4 heterocycles. The van der Waals surface area contributed by atoms with E-state index in [1.165, 1.54) is 84.9 Å². The van der Waals surface area contributed by atoms with Gasteiger partial charge in [0.05, 0.1) is 22.4 Å².